The number of hydrogen-bond acceptors (Lipinski definition) is 9. The van der Waals surface area contributed by atoms with E-state index in [1.165, 1.54) is 0 Å². The van der Waals surface area contributed by atoms with Crippen LogP contribution in [-0.4, -0.2) is 65.0 Å². The number of allylic oxidation sites excluding steroid dienone is 1. The predicted octanol–water partition coefficient (Wildman–Crippen LogP) is 8.02. The first-order chi connectivity index (χ1) is 24.1. The average Bonchev–Trinajstić information content (AvgIpc) is 3.09. The van der Waals surface area contributed by atoms with Crippen molar-refractivity contribution in [1.82, 2.24) is 5.32 Å². The van der Waals surface area contributed by atoms with E-state index in [1.54, 1.807) is 23.9 Å². The molecule has 1 fully saturated rings. The molecule has 10 heteroatoms. The highest BCUT2D eigenvalue weighted by Gasteiger charge is 2.64. The molecule has 5 rings (SSSR count). The fraction of sp³-hybridized carbons (Fsp3) is 0.550. The number of thioether (sulfide) groups is 1. The third-order valence-electron chi connectivity index (χ3n) is 9.60. The number of carbonyl (C=O) groups is 1. The van der Waals surface area contributed by atoms with E-state index in [4.69, 9.17) is 24.2 Å². The maximum Gasteiger partial charge on any atom is 0.412 e. The molecule has 1 aliphatic heterocycles. The third kappa shape index (κ3) is 8.76. The molecule has 1 heterocycles. The van der Waals surface area contributed by atoms with Gasteiger partial charge in [-0.05, 0) is 101 Å². The van der Waals surface area contributed by atoms with Gasteiger partial charge in [0, 0.05) is 42.6 Å². The molecule has 2 aromatic rings. The Hall–Kier alpha value is -3.31. The smallest absolute Gasteiger partial charge is 0.412 e. The van der Waals surface area contributed by atoms with Crippen LogP contribution in [0.3, 0.4) is 0 Å². The van der Waals surface area contributed by atoms with Crippen molar-refractivity contribution in [2.24, 2.45) is 22.9 Å². The lowest BCUT2D eigenvalue weighted by atomic mass is 9.56. The molecule has 6 atom stereocenters. The fourth-order valence-electron chi connectivity index (χ4n) is 7.63. The lowest BCUT2D eigenvalue weighted by Crippen LogP contribution is -2.64. The number of aliphatic hydroxyl groups excluding tert-OH is 2. The number of carbonyl (C=O) groups excluding carboxylic acids is 1. The molecule has 50 heavy (non-hydrogen) atoms. The largest absolute Gasteiger partial charge is 0.460 e. The second-order valence-corrected chi connectivity index (χ2v) is 15.6. The number of hydrogen-bond donors (Lipinski definition) is 3. The number of amides is 1. The molecular formula is C40H54N2O7S. The quantitative estimate of drug-likeness (QED) is 0.0913. The van der Waals surface area contributed by atoms with E-state index in [2.05, 4.69) is 30.1 Å². The summed E-state index contributed by atoms with van der Waals surface area (Å²) in [5.41, 5.74) is 2.40. The van der Waals surface area contributed by atoms with E-state index in [0.29, 0.717) is 30.9 Å². The van der Waals surface area contributed by atoms with Gasteiger partial charge in [-0.3, -0.25) is 0 Å². The zero-order valence-corrected chi connectivity index (χ0v) is 30.8. The second-order valence-electron chi connectivity index (χ2n) is 14.3. The van der Waals surface area contributed by atoms with E-state index >= 15 is 0 Å². The molecule has 6 unspecified atom stereocenters. The minimum atomic E-state index is -1.09. The summed E-state index contributed by atoms with van der Waals surface area (Å²) < 4.78 is 19.9. The minimum Gasteiger partial charge on any atom is -0.460 e. The maximum absolute atomic E-state index is 12.6. The number of ether oxygens (including phenoxy) is 3. The van der Waals surface area contributed by atoms with Crippen molar-refractivity contribution in [1.29, 1.82) is 0 Å². The van der Waals surface area contributed by atoms with Crippen molar-refractivity contribution in [3.05, 3.63) is 78.4 Å². The highest BCUT2D eigenvalue weighted by Crippen LogP contribution is 2.63. The third-order valence-corrected chi connectivity index (χ3v) is 10.9. The van der Waals surface area contributed by atoms with Crippen LogP contribution in [0, 0.1) is 17.8 Å². The van der Waals surface area contributed by atoms with Crippen LogP contribution in [0.4, 0.5) is 4.79 Å². The van der Waals surface area contributed by atoms with Crippen molar-refractivity contribution < 1.29 is 34.1 Å². The Morgan fingerprint density at radius 1 is 1.10 bits per heavy atom. The fourth-order valence-corrected chi connectivity index (χ4v) is 8.94. The van der Waals surface area contributed by atoms with Gasteiger partial charge < -0.3 is 34.6 Å². The van der Waals surface area contributed by atoms with Gasteiger partial charge in [0.1, 0.15) is 17.1 Å². The summed E-state index contributed by atoms with van der Waals surface area (Å²) in [6.45, 7) is 12.9. The van der Waals surface area contributed by atoms with Crippen LogP contribution >= 0.6 is 11.8 Å². The molecule has 2 aromatic carbocycles. The first kappa shape index (κ1) is 37.9. The number of rotatable bonds is 16. The molecule has 1 saturated carbocycles. The molecule has 272 valence electrons. The molecule has 2 aliphatic carbocycles. The maximum atomic E-state index is 12.6. The molecule has 3 aliphatic rings. The monoisotopic (exact) mass is 706 g/mol. The second kappa shape index (κ2) is 17.3. The van der Waals surface area contributed by atoms with Gasteiger partial charge in [-0.2, -0.15) is 0 Å². The predicted molar refractivity (Wildman–Crippen MR) is 198 cm³/mol. The van der Waals surface area contributed by atoms with Crippen LogP contribution in [0.2, 0.25) is 0 Å². The Kier molecular flexibility index (Phi) is 13.1. The molecular weight excluding hydrogens is 653 g/mol. The van der Waals surface area contributed by atoms with Crippen molar-refractivity contribution in [3.63, 3.8) is 0 Å². The summed E-state index contributed by atoms with van der Waals surface area (Å²) >= 11 is 1.72. The Bertz CT molecular complexity index is 1510. The first-order valence-electron chi connectivity index (χ1n) is 18.1. The number of nitrogens with one attached hydrogen (secondary N) is 1. The standard InChI is InChI=1S/C40H54N2O7S/c1-6-23-46-40-35(50-29-16-9-8-10-17-29)26-33(42-49-39(3,4)5)31-24-27(15-11-13-21-43)30(18-12-14-22-44)36(37(31)40)32-25-28(19-20-34(32)48-40)47-38(45)41-7-2/h6,8-10,16-17,19-20,24-25,27,30,35-37,43-44H,1,7,11-15,18,21-23,26H2,2-5H3,(H,41,45). The zero-order valence-electron chi connectivity index (χ0n) is 29.9. The van der Waals surface area contributed by atoms with E-state index in [-0.39, 0.29) is 48.7 Å². The van der Waals surface area contributed by atoms with Crippen LogP contribution < -0.4 is 14.8 Å². The van der Waals surface area contributed by atoms with Gasteiger partial charge in [0.15, 0.2) is 0 Å². The van der Waals surface area contributed by atoms with E-state index < -0.39 is 17.5 Å². The highest BCUT2D eigenvalue weighted by atomic mass is 32.2. The number of nitrogens with zero attached hydrogens (tertiary/aromatic N) is 1. The molecule has 0 radical (unpaired) electrons. The number of fused-ring (bicyclic) bond motifs is 2. The van der Waals surface area contributed by atoms with Crippen LogP contribution in [0.15, 0.2) is 82.9 Å². The van der Waals surface area contributed by atoms with Crippen LogP contribution in [0.1, 0.15) is 84.1 Å². The summed E-state index contributed by atoms with van der Waals surface area (Å²) in [5, 5.41) is 26.9. The van der Waals surface area contributed by atoms with E-state index in [0.717, 1.165) is 53.8 Å². The van der Waals surface area contributed by atoms with Gasteiger partial charge in [-0.1, -0.05) is 48.3 Å². The topological polar surface area (TPSA) is 119 Å². The Morgan fingerprint density at radius 2 is 1.84 bits per heavy atom. The molecule has 0 spiro atoms. The number of aliphatic hydroxyl groups is 2. The van der Waals surface area contributed by atoms with Crippen LogP contribution in [0.5, 0.6) is 11.5 Å². The number of unbranched alkanes of at least 4 members (excludes halogenated alkanes) is 2. The van der Waals surface area contributed by atoms with E-state index in [1.807, 2.05) is 58.0 Å². The Morgan fingerprint density at radius 3 is 2.52 bits per heavy atom. The van der Waals surface area contributed by atoms with Crippen LogP contribution in [-0.2, 0) is 9.57 Å². The SMILES string of the molecule is C=CCOC12Oc3ccc(OC(=O)NCC)cc3C3C(CCCCO)C(CCCCO)C=C(C(=NOC(C)(C)C)CC1Sc1ccccc1)C32. The Labute approximate surface area is 301 Å². The van der Waals surface area contributed by atoms with Crippen molar-refractivity contribution in [2.45, 2.75) is 100 Å². The normalized spacial score (nSPS) is 26.2. The lowest BCUT2D eigenvalue weighted by Gasteiger charge is -2.58. The molecule has 3 N–H and O–H groups in total. The van der Waals surface area contributed by atoms with Crippen molar-refractivity contribution in [2.75, 3.05) is 26.4 Å². The van der Waals surface area contributed by atoms with Gasteiger partial charge in [0.25, 0.3) is 0 Å². The zero-order chi connectivity index (χ0) is 35.7. The Balaban J connectivity index is 1.75. The minimum absolute atomic E-state index is 0.0989. The van der Waals surface area contributed by atoms with Gasteiger partial charge in [-0.15, -0.1) is 18.3 Å². The van der Waals surface area contributed by atoms with Crippen molar-refractivity contribution >= 4 is 23.6 Å². The van der Waals surface area contributed by atoms with Gasteiger partial charge in [0.2, 0.25) is 5.79 Å². The summed E-state index contributed by atoms with van der Waals surface area (Å²) in [7, 11) is 0. The van der Waals surface area contributed by atoms with Gasteiger partial charge in [0.05, 0.1) is 23.5 Å². The average molecular weight is 707 g/mol. The summed E-state index contributed by atoms with van der Waals surface area (Å²) in [6, 6.07) is 15.9. The van der Waals surface area contributed by atoms with Gasteiger partial charge in [-0.25, -0.2) is 4.79 Å². The summed E-state index contributed by atoms with van der Waals surface area (Å²) in [4.78, 5) is 19.8. The van der Waals surface area contributed by atoms with Crippen molar-refractivity contribution in [3.8, 4) is 11.5 Å². The number of oxime groups is 1. The first-order valence-corrected chi connectivity index (χ1v) is 19.0. The highest BCUT2D eigenvalue weighted by molar-refractivity contribution is 8.00. The molecule has 0 saturated heterocycles. The van der Waals surface area contributed by atoms with E-state index in [9.17, 15) is 15.0 Å². The molecule has 1 amide bonds. The van der Waals surface area contributed by atoms with Crippen LogP contribution in [0.25, 0.3) is 0 Å². The summed E-state index contributed by atoms with van der Waals surface area (Å²) in [6.07, 6.45) is 9.10. The lowest BCUT2D eigenvalue weighted by molar-refractivity contribution is -0.223. The molecule has 0 aromatic heterocycles. The van der Waals surface area contributed by atoms with Gasteiger partial charge >= 0.3 is 6.09 Å². The molecule has 0 bridgehead atoms. The number of benzene rings is 2. The molecule has 9 nitrogen and oxygen atoms in total. The summed E-state index contributed by atoms with van der Waals surface area (Å²) in [5.74, 6) is -0.0223.